The van der Waals surface area contributed by atoms with Crippen LogP contribution in [0.4, 0.5) is 29.5 Å². The molecule has 1 saturated heterocycles. The molecule has 0 unspecified atom stereocenters. The molecular formula is C20H23F3N4O4. The number of hydrogen-bond acceptors (Lipinski definition) is 7. The zero-order valence-corrected chi connectivity index (χ0v) is 17.1. The van der Waals surface area contributed by atoms with E-state index in [1.54, 1.807) is 30.9 Å². The molecule has 168 valence electrons. The van der Waals surface area contributed by atoms with Gasteiger partial charge in [-0.1, -0.05) is 6.07 Å². The molecule has 1 aliphatic heterocycles. The molecule has 0 bridgehead atoms. The van der Waals surface area contributed by atoms with Crippen molar-refractivity contribution in [3.63, 3.8) is 0 Å². The number of amides is 1. The van der Waals surface area contributed by atoms with E-state index in [0.717, 1.165) is 0 Å². The number of carbonyl (C=O) groups excluding carboxylic acids is 1. The molecule has 0 atom stereocenters. The smallest absolute Gasteiger partial charge is 0.474 e. The van der Waals surface area contributed by atoms with Crippen molar-refractivity contribution in [2.45, 2.75) is 45.3 Å². The predicted octanol–water partition coefficient (Wildman–Crippen LogP) is 4.51. The normalized spacial score (nSPS) is 15.0. The van der Waals surface area contributed by atoms with E-state index in [0.29, 0.717) is 43.3 Å². The second kappa shape index (κ2) is 9.71. The minimum atomic E-state index is -4.77. The Morgan fingerprint density at radius 2 is 1.94 bits per heavy atom. The van der Waals surface area contributed by atoms with E-state index in [1.807, 2.05) is 0 Å². The maximum Gasteiger partial charge on any atom is 0.573 e. The summed E-state index contributed by atoms with van der Waals surface area (Å²) in [7, 11) is 0. The third-order valence-electron chi connectivity index (χ3n) is 4.31. The number of ether oxygens (including phenoxy) is 3. The Bertz CT molecular complexity index is 887. The second-order valence-corrected chi connectivity index (χ2v) is 7.18. The Morgan fingerprint density at radius 1 is 1.19 bits per heavy atom. The van der Waals surface area contributed by atoms with Crippen molar-refractivity contribution in [3.05, 3.63) is 36.7 Å². The fourth-order valence-corrected chi connectivity index (χ4v) is 2.99. The molecule has 1 fully saturated rings. The maximum absolute atomic E-state index is 12.4. The van der Waals surface area contributed by atoms with Gasteiger partial charge in [-0.15, -0.1) is 13.2 Å². The zero-order valence-electron chi connectivity index (χ0n) is 17.1. The number of rotatable bonds is 6. The number of nitrogens with one attached hydrogen (secondary N) is 1. The topological polar surface area (TPSA) is 85.8 Å². The number of alkyl halides is 3. The average molecular weight is 440 g/mol. The minimum Gasteiger partial charge on any atom is -0.474 e. The van der Waals surface area contributed by atoms with Crippen LogP contribution >= 0.6 is 0 Å². The standard InChI is InChI=1S/C20H23F3N4O4/c1-13(2)29-19(28)27-8-6-15(7-9-27)30-18-11-17(24-12-25-18)26-14-4-3-5-16(10-14)31-20(21,22)23/h3-5,10-13,15H,6-9H2,1-2H3,(H,24,25,26). The van der Waals surface area contributed by atoms with Crippen LogP contribution in [-0.2, 0) is 4.74 Å². The summed E-state index contributed by atoms with van der Waals surface area (Å²) < 4.78 is 52.2. The number of benzene rings is 1. The maximum atomic E-state index is 12.4. The summed E-state index contributed by atoms with van der Waals surface area (Å²) in [6, 6.07) is 6.98. The molecule has 0 aliphatic carbocycles. The van der Waals surface area contributed by atoms with Crippen LogP contribution in [0, 0.1) is 0 Å². The Labute approximate surface area is 177 Å². The fourth-order valence-electron chi connectivity index (χ4n) is 2.99. The first kappa shape index (κ1) is 22.4. The first-order chi connectivity index (χ1) is 14.7. The summed E-state index contributed by atoms with van der Waals surface area (Å²) in [5.74, 6) is 0.335. The molecule has 0 radical (unpaired) electrons. The molecule has 1 N–H and O–H groups in total. The van der Waals surface area contributed by atoms with Gasteiger partial charge >= 0.3 is 12.5 Å². The number of likely N-dealkylation sites (tertiary alicyclic amines) is 1. The Kier molecular flexibility index (Phi) is 7.03. The van der Waals surface area contributed by atoms with Crippen LogP contribution in [0.1, 0.15) is 26.7 Å². The first-order valence-corrected chi connectivity index (χ1v) is 9.75. The number of carbonyl (C=O) groups is 1. The highest BCUT2D eigenvalue weighted by atomic mass is 19.4. The minimum absolute atomic E-state index is 0.130. The van der Waals surface area contributed by atoms with E-state index in [2.05, 4.69) is 20.0 Å². The summed E-state index contributed by atoms with van der Waals surface area (Å²) in [5, 5.41) is 2.90. The number of piperidine rings is 1. The molecule has 31 heavy (non-hydrogen) atoms. The number of aromatic nitrogens is 2. The van der Waals surface area contributed by atoms with Gasteiger partial charge in [-0.05, 0) is 26.0 Å². The molecule has 1 amide bonds. The van der Waals surface area contributed by atoms with Crippen LogP contribution in [0.25, 0.3) is 0 Å². The summed E-state index contributed by atoms with van der Waals surface area (Å²) >= 11 is 0. The third kappa shape index (κ3) is 7.19. The molecule has 1 aromatic carbocycles. The summed E-state index contributed by atoms with van der Waals surface area (Å²) in [6.45, 7) is 4.62. The number of anilines is 2. The highest BCUT2D eigenvalue weighted by Crippen LogP contribution is 2.27. The van der Waals surface area contributed by atoms with E-state index in [-0.39, 0.29) is 24.1 Å². The molecule has 0 spiro atoms. The molecule has 3 rings (SSSR count). The van der Waals surface area contributed by atoms with Crippen LogP contribution < -0.4 is 14.8 Å². The quantitative estimate of drug-likeness (QED) is 0.708. The Hall–Kier alpha value is -3.24. The van der Waals surface area contributed by atoms with Crippen LogP contribution in [0.2, 0.25) is 0 Å². The molecule has 8 nitrogen and oxygen atoms in total. The average Bonchev–Trinajstić information content (AvgIpc) is 2.67. The van der Waals surface area contributed by atoms with Gasteiger partial charge in [0.1, 0.15) is 24.0 Å². The Balaban J connectivity index is 1.56. The van der Waals surface area contributed by atoms with E-state index in [1.165, 1.54) is 24.5 Å². The lowest BCUT2D eigenvalue weighted by Crippen LogP contribution is -2.42. The van der Waals surface area contributed by atoms with Gasteiger partial charge < -0.3 is 24.4 Å². The summed E-state index contributed by atoms with van der Waals surface area (Å²) in [6.07, 6.45) is -2.87. The van der Waals surface area contributed by atoms with E-state index in [9.17, 15) is 18.0 Å². The van der Waals surface area contributed by atoms with Gasteiger partial charge in [-0.2, -0.15) is 0 Å². The second-order valence-electron chi connectivity index (χ2n) is 7.18. The van der Waals surface area contributed by atoms with Crippen molar-refractivity contribution in [1.29, 1.82) is 0 Å². The number of halogens is 3. The lowest BCUT2D eigenvalue weighted by atomic mass is 10.1. The van der Waals surface area contributed by atoms with Crippen molar-refractivity contribution >= 4 is 17.6 Å². The van der Waals surface area contributed by atoms with Crippen molar-refractivity contribution in [2.24, 2.45) is 0 Å². The first-order valence-electron chi connectivity index (χ1n) is 9.75. The molecule has 1 aliphatic rings. The fraction of sp³-hybridized carbons (Fsp3) is 0.450. The molecule has 0 saturated carbocycles. The Morgan fingerprint density at radius 3 is 2.61 bits per heavy atom. The third-order valence-corrected chi connectivity index (χ3v) is 4.31. The molecule has 2 aromatic rings. The van der Waals surface area contributed by atoms with Crippen molar-refractivity contribution in [2.75, 3.05) is 18.4 Å². The highest BCUT2D eigenvalue weighted by molar-refractivity contribution is 5.67. The SMILES string of the molecule is CC(C)OC(=O)N1CCC(Oc2cc(Nc3cccc(OC(F)(F)F)c3)ncn2)CC1. The lowest BCUT2D eigenvalue weighted by Gasteiger charge is -2.31. The predicted molar refractivity (Wildman–Crippen MR) is 105 cm³/mol. The van der Waals surface area contributed by atoms with Gasteiger partial charge in [0.25, 0.3) is 0 Å². The van der Waals surface area contributed by atoms with Gasteiger partial charge in [0, 0.05) is 43.8 Å². The van der Waals surface area contributed by atoms with Crippen LogP contribution in [0.5, 0.6) is 11.6 Å². The molecule has 11 heteroatoms. The molecule has 2 heterocycles. The van der Waals surface area contributed by atoms with Gasteiger partial charge in [-0.3, -0.25) is 0 Å². The highest BCUT2D eigenvalue weighted by Gasteiger charge is 2.31. The van der Waals surface area contributed by atoms with Crippen molar-refractivity contribution < 1.29 is 32.2 Å². The summed E-state index contributed by atoms with van der Waals surface area (Å²) in [4.78, 5) is 21.7. The van der Waals surface area contributed by atoms with Crippen LogP contribution in [-0.4, -0.2) is 52.6 Å². The van der Waals surface area contributed by atoms with Gasteiger partial charge in [0.15, 0.2) is 0 Å². The van der Waals surface area contributed by atoms with Gasteiger partial charge in [0.2, 0.25) is 5.88 Å². The molecule has 1 aromatic heterocycles. The van der Waals surface area contributed by atoms with E-state index < -0.39 is 6.36 Å². The zero-order chi connectivity index (χ0) is 22.4. The molecular weight excluding hydrogens is 417 g/mol. The van der Waals surface area contributed by atoms with Gasteiger partial charge in [-0.25, -0.2) is 14.8 Å². The summed E-state index contributed by atoms with van der Waals surface area (Å²) in [5.41, 5.74) is 0.364. The van der Waals surface area contributed by atoms with Crippen LogP contribution in [0.15, 0.2) is 36.7 Å². The van der Waals surface area contributed by atoms with Crippen molar-refractivity contribution in [3.8, 4) is 11.6 Å². The number of nitrogens with zero attached hydrogens (tertiary/aromatic N) is 3. The van der Waals surface area contributed by atoms with E-state index in [4.69, 9.17) is 9.47 Å². The van der Waals surface area contributed by atoms with Crippen LogP contribution in [0.3, 0.4) is 0 Å². The van der Waals surface area contributed by atoms with Crippen molar-refractivity contribution in [1.82, 2.24) is 14.9 Å². The monoisotopic (exact) mass is 440 g/mol. The lowest BCUT2D eigenvalue weighted by molar-refractivity contribution is -0.274. The van der Waals surface area contributed by atoms with E-state index >= 15 is 0 Å². The largest absolute Gasteiger partial charge is 0.573 e. The van der Waals surface area contributed by atoms with Gasteiger partial charge in [0.05, 0.1) is 6.10 Å². The number of hydrogen-bond donors (Lipinski definition) is 1.